The van der Waals surface area contributed by atoms with E-state index in [-0.39, 0.29) is 0 Å². The van der Waals surface area contributed by atoms with Crippen LogP contribution >= 0.6 is 0 Å². The summed E-state index contributed by atoms with van der Waals surface area (Å²) in [6.07, 6.45) is -4.69. The van der Waals surface area contributed by atoms with Gasteiger partial charge in [-0.2, -0.15) is 10.2 Å². The lowest BCUT2D eigenvalue weighted by Crippen LogP contribution is -2.59. The third kappa shape index (κ3) is 0.831. The fourth-order valence-electron chi connectivity index (χ4n) is 1.64. The van der Waals surface area contributed by atoms with Gasteiger partial charge < -0.3 is 20.4 Å². The van der Waals surface area contributed by atoms with Gasteiger partial charge in [0, 0.05) is 0 Å². The van der Waals surface area contributed by atoms with Crippen LogP contribution in [-0.4, -0.2) is 56.9 Å². The molecule has 68 valence electrons. The first-order chi connectivity index (χ1) is 5.63. The van der Waals surface area contributed by atoms with Gasteiger partial charge in [-0.1, -0.05) is 0 Å². The van der Waals surface area contributed by atoms with Crippen LogP contribution in [0.5, 0.6) is 0 Å². The zero-order valence-corrected chi connectivity index (χ0v) is 6.15. The highest BCUT2D eigenvalue weighted by molar-refractivity contribution is 5.07. The smallest absolute Gasteiger partial charge is 0.127 e. The molecule has 4 N–H and O–H groups in total. The molecule has 2 aliphatic rings. The topological polar surface area (TPSA) is 106 Å². The standard InChI is InChI=1S/C6H10N2O4/c9-3-1-4(10)6(12)5(11)2(3)8-7-1/h1-6,9-12H/t1-,2+,3?,4-,5+,6?. The molecule has 1 aliphatic carbocycles. The van der Waals surface area contributed by atoms with Gasteiger partial charge in [-0.15, -0.1) is 0 Å². The highest BCUT2D eigenvalue weighted by Gasteiger charge is 2.52. The second-order valence-electron chi connectivity index (χ2n) is 3.17. The van der Waals surface area contributed by atoms with E-state index >= 15 is 0 Å². The van der Waals surface area contributed by atoms with Crippen LogP contribution in [0, 0.1) is 0 Å². The van der Waals surface area contributed by atoms with Crippen molar-refractivity contribution in [2.45, 2.75) is 36.5 Å². The Kier molecular flexibility index (Phi) is 1.65. The van der Waals surface area contributed by atoms with Crippen LogP contribution in [0.3, 0.4) is 0 Å². The average molecular weight is 174 g/mol. The predicted molar refractivity (Wildman–Crippen MR) is 36.5 cm³/mol. The third-order valence-corrected chi connectivity index (χ3v) is 2.43. The maximum atomic E-state index is 9.35. The lowest BCUT2D eigenvalue weighted by atomic mass is 9.84. The second kappa shape index (κ2) is 2.46. The summed E-state index contributed by atoms with van der Waals surface area (Å²) in [4.78, 5) is 0. The van der Waals surface area contributed by atoms with Crippen LogP contribution < -0.4 is 0 Å². The summed E-state index contributed by atoms with van der Waals surface area (Å²) in [5, 5.41) is 44.3. The molecule has 1 fully saturated rings. The number of hydrogen-bond donors (Lipinski definition) is 4. The van der Waals surface area contributed by atoms with Gasteiger partial charge in [0.25, 0.3) is 0 Å². The first kappa shape index (κ1) is 8.06. The molecule has 6 nitrogen and oxygen atoms in total. The highest BCUT2D eigenvalue weighted by Crippen LogP contribution is 2.31. The Labute approximate surface area is 68.2 Å². The van der Waals surface area contributed by atoms with E-state index in [1.807, 2.05) is 0 Å². The van der Waals surface area contributed by atoms with E-state index in [1.165, 1.54) is 0 Å². The molecule has 12 heavy (non-hydrogen) atoms. The summed E-state index contributed by atoms with van der Waals surface area (Å²) in [6.45, 7) is 0. The van der Waals surface area contributed by atoms with Crippen molar-refractivity contribution in [1.29, 1.82) is 0 Å². The monoisotopic (exact) mass is 174 g/mol. The second-order valence-corrected chi connectivity index (χ2v) is 3.17. The van der Waals surface area contributed by atoms with Crippen molar-refractivity contribution in [2.75, 3.05) is 0 Å². The Morgan fingerprint density at radius 3 is 1.42 bits per heavy atom. The fraction of sp³-hybridized carbons (Fsp3) is 1.00. The van der Waals surface area contributed by atoms with Crippen LogP contribution in [0.1, 0.15) is 0 Å². The van der Waals surface area contributed by atoms with E-state index in [0.717, 1.165) is 0 Å². The molecule has 0 aromatic heterocycles. The number of rotatable bonds is 0. The summed E-state index contributed by atoms with van der Waals surface area (Å²) >= 11 is 0. The Hall–Kier alpha value is -0.560. The Balaban J connectivity index is 2.28. The van der Waals surface area contributed by atoms with Gasteiger partial charge in [0.15, 0.2) is 0 Å². The molecule has 1 saturated carbocycles. The van der Waals surface area contributed by atoms with Crippen LogP contribution in [-0.2, 0) is 0 Å². The minimum atomic E-state index is -1.27. The number of fused-ring (bicyclic) bond motifs is 2. The third-order valence-electron chi connectivity index (χ3n) is 2.43. The zero-order chi connectivity index (χ0) is 8.88. The lowest BCUT2D eigenvalue weighted by Gasteiger charge is -2.34. The summed E-state index contributed by atoms with van der Waals surface area (Å²) in [7, 11) is 0. The molecular formula is C6H10N2O4. The van der Waals surface area contributed by atoms with Gasteiger partial charge in [-0.05, 0) is 0 Å². The Morgan fingerprint density at radius 1 is 0.583 bits per heavy atom. The van der Waals surface area contributed by atoms with Crippen LogP contribution in [0.15, 0.2) is 10.2 Å². The normalized spacial score (nSPS) is 57.7. The van der Waals surface area contributed by atoms with Gasteiger partial charge in [0.2, 0.25) is 0 Å². The number of azo groups is 1. The van der Waals surface area contributed by atoms with Crippen molar-refractivity contribution in [3.8, 4) is 0 Å². The van der Waals surface area contributed by atoms with Crippen molar-refractivity contribution >= 4 is 0 Å². The van der Waals surface area contributed by atoms with E-state index in [2.05, 4.69) is 10.2 Å². The maximum Gasteiger partial charge on any atom is 0.127 e. The largest absolute Gasteiger partial charge is 0.388 e. The molecule has 0 aromatic rings. The van der Waals surface area contributed by atoms with Crippen LogP contribution in [0.4, 0.5) is 0 Å². The number of nitrogens with zero attached hydrogens (tertiary/aromatic N) is 2. The molecular weight excluding hydrogens is 164 g/mol. The Bertz CT molecular complexity index is 202. The van der Waals surface area contributed by atoms with Crippen molar-refractivity contribution in [2.24, 2.45) is 10.2 Å². The summed E-state index contributed by atoms with van der Waals surface area (Å²) < 4.78 is 0. The van der Waals surface area contributed by atoms with Crippen molar-refractivity contribution in [1.82, 2.24) is 0 Å². The summed E-state index contributed by atoms with van der Waals surface area (Å²) in [5.41, 5.74) is 0. The van der Waals surface area contributed by atoms with E-state index in [9.17, 15) is 20.4 Å². The molecule has 0 amide bonds. The molecule has 0 saturated heterocycles. The Morgan fingerprint density at radius 2 is 1.00 bits per heavy atom. The van der Waals surface area contributed by atoms with Gasteiger partial charge in [-0.25, -0.2) is 0 Å². The summed E-state index contributed by atoms with van der Waals surface area (Å²) in [5.74, 6) is 0. The van der Waals surface area contributed by atoms with Gasteiger partial charge in [0.1, 0.15) is 36.5 Å². The van der Waals surface area contributed by atoms with E-state index in [1.54, 1.807) is 0 Å². The molecule has 2 bridgehead atoms. The molecule has 6 atom stereocenters. The van der Waals surface area contributed by atoms with Crippen LogP contribution in [0.2, 0.25) is 0 Å². The first-order valence-corrected chi connectivity index (χ1v) is 3.75. The van der Waals surface area contributed by atoms with Gasteiger partial charge >= 0.3 is 0 Å². The van der Waals surface area contributed by atoms with Gasteiger partial charge in [0.05, 0.1) is 0 Å². The zero-order valence-electron chi connectivity index (χ0n) is 6.15. The number of aliphatic hydroxyl groups is 4. The van der Waals surface area contributed by atoms with Crippen molar-refractivity contribution < 1.29 is 20.4 Å². The van der Waals surface area contributed by atoms with E-state index in [0.29, 0.717) is 0 Å². The molecule has 1 aliphatic heterocycles. The average Bonchev–Trinajstić information content (AvgIpc) is 2.38. The lowest BCUT2D eigenvalue weighted by molar-refractivity contribution is -0.124. The van der Waals surface area contributed by atoms with Gasteiger partial charge in [-0.3, -0.25) is 0 Å². The quantitative estimate of drug-likeness (QED) is 0.330. The van der Waals surface area contributed by atoms with E-state index < -0.39 is 36.5 Å². The first-order valence-electron chi connectivity index (χ1n) is 3.75. The minimum Gasteiger partial charge on any atom is -0.388 e. The van der Waals surface area contributed by atoms with E-state index in [4.69, 9.17) is 0 Å². The minimum absolute atomic E-state index is 0.784. The molecule has 2 rings (SSSR count). The highest BCUT2D eigenvalue weighted by atomic mass is 16.4. The SMILES string of the molecule is OC1[C@@H](O)[C@H]2N=N[C@H](C2O)[C@H]1O. The van der Waals surface area contributed by atoms with Crippen molar-refractivity contribution in [3.05, 3.63) is 0 Å². The molecule has 0 aromatic carbocycles. The number of aliphatic hydroxyl groups excluding tert-OH is 4. The molecule has 1 heterocycles. The fourth-order valence-corrected chi connectivity index (χ4v) is 1.64. The maximum absolute atomic E-state index is 9.35. The summed E-state index contributed by atoms with van der Waals surface area (Å²) in [6, 6.07) is -1.57. The molecule has 6 heteroatoms. The predicted octanol–water partition coefficient (Wildman–Crippen LogP) is -2.35. The molecule has 0 spiro atoms. The molecule has 0 radical (unpaired) electrons. The number of hydrogen-bond acceptors (Lipinski definition) is 6. The van der Waals surface area contributed by atoms with Crippen molar-refractivity contribution in [3.63, 3.8) is 0 Å². The van der Waals surface area contributed by atoms with Crippen LogP contribution in [0.25, 0.3) is 0 Å². The molecule has 2 unspecified atom stereocenters.